The molecule has 0 spiro atoms. The highest BCUT2D eigenvalue weighted by atomic mass is 35.5. The van der Waals surface area contributed by atoms with Crippen LogP contribution in [0.25, 0.3) is 11.0 Å². The fourth-order valence-electron chi connectivity index (χ4n) is 3.69. The highest BCUT2D eigenvalue weighted by Gasteiger charge is 2.36. The SMILES string of the molecule is Cc1nnc(NC(=O)c2cc3[nH]c(Nc4c(Cl)cccc4Cl)nc3c3c2OC(C)(C)C3)s1. The lowest BCUT2D eigenvalue weighted by atomic mass is 9.99. The van der Waals surface area contributed by atoms with Crippen molar-refractivity contribution in [1.82, 2.24) is 20.2 Å². The van der Waals surface area contributed by atoms with E-state index >= 15 is 0 Å². The number of nitrogens with zero attached hydrogens (tertiary/aromatic N) is 3. The van der Waals surface area contributed by atoms with Crippen LogP contribution in [0.2, 0.25) is 10.0 Å². The number of ether oxygens (including phenoxy) is 1. The predicted molar refractivity (Wildman–Crippen MR) is 127 cm³/mol. The van der Waals surface area contributed by atoms with Crippen LogP contribution in [-0.2, 0) is 6.42 Å². The first kappa shape index (κ1) is 21.0. The number of anilines is 3. The van der Waals surface area contributed by atoms with Crippen LogP contribution < -0.4 is 15.4 Å². The first-order valence-corrected chi connectivity index (χ1v) is 11.3. The third kappa shape index (κ3) is 3.76. The van der Waals surface area contributed by atoms with E-state index in [1.54, 1.807) is 24.3 Å². The molecule has 0 bridgehead atoms. The van der Waals surface area contributed by atoms with Crippen LogP contribution in [-0.4, -0.2) is 31.7 Å². The minimum atomic E-state index is -0.469. The first-order valence-electron chi connectivity index (χ1n) is 9.77. The zero-order valence-electron chi connectivity index (χ0n) is 17.3. The Hall–Kier alpha value is -2.88. The fraction of sp³-hybridized carbons (Fsp3) is 0.238. The molecule has 0 aliphatic carbocycles. The summed E-state index contributed by atoms with van der Waals surface area (Å²) in [7, 11) is 0. The average Bonchev–Trinajstić information content (AvgIpc) is 3.39. The van der Waals surface area contributed by atoms with Gasteiger partial charge in [0.2, 0.25) is 11.1 Å². The second-order valence-corrected chi connectivity index (χ2v) is 10.0. The number of rotatable bonds is 4. The van der Waals surface area contributed by atoms with Crippen LogP contribution in [0.1, 0.15) is 34.8 Å². The number of aryl methyl sites for hydroxylation is 1. The molecule has 0 radical (unpaired) electrons. The molecule has 5 rings (SSSR count). The quantitative estimate of drug-likeness (QED) is 0.338. The monoisotopic (exact) mass is 488 g/mol. The molecule has 0 atom stereocenters. The van der Waals surface area contributed by atoms with Crippen LogP contribution in [0.3, 0.4) is 0 Å². The smallest absolute Gasteiger partial charge is 0.261 e. The molecule has 0 unspecified atom stereocenters. The van der Waals surface area contributed by atoms with E-state index in [9.17, 15) is 4.79 Å². The number of fused-ring (bicyclic) bond motifs is 3. The van der Waals surface area contributed by atoms with Crippen LogP contribution >= 0.6 is 34.5 Å². The molecule has 2 aromatic carbocycles. The third-order valence-corrected chi connectivity index (χ3v) is 6.39. The highest BCUT2D eigenvalue weighted by molar-refractivity contribution is 7.15. The Labute approximate surface area is 197 Å². The second-order valence-electron chi connectivity index (χ2n) is 8.05. The summed E-state index contributed by atoms with van der Waals surface area (Å²) in [6.45, 7) is 5.78. The lowest BCUT2D eigenvalue weighted by molar-refractivity contribution is 0.101. The van der Waals surface area contributed by atoms with E-state index in [4.69, 9.17) is 32.9 Å². The molecule has 0 saturated heterocycles. The summed E-state index contributed by atoms with van der Waals surface area (Å²) >= 11 is 13.9. The van der Waals surface area contributed by atoms with Crippen molar-refractivity contribution in [3.05, 3.63) is 50.4 Å². The molecule has 3 heterocycles. The lowest BCUT2D eigenvalue weighted by Crippen LogP contribution is -2.25. The van der Waals surface area contributed by atoms with Gasteiger partial charge in [-0.25, -0.2) is 4.98 Å². The van der Waals surface area contributed by atoms with Crippen LogP contribution in [0.15, 0.2) is 24.3 Å². The van der Waals surface area contributed by atoms with Crippen molar-refractivity contribution in [1.29, 1.82) is 0 Å². The molecule has 1 aliphatic heterocycles. The summed E-state index contributed by atoms with van der Waals surface area (Å²) in [6.07, 6.45) is 0.606. The Bertz CT molecular complexity index is 1360. The van der Waals surface area contributed by atoms with E-state index in [1.165, 1.54) is 11.3 Å². The molecule has 11 heteroatoms. The Kier molecular flexibility index (Phi) is 4.99. The molecule has 0 saturated carbocycles. The Morgan fingerprint density at radius 1 is 1.25 bits per heavy atom. The number of aromatic nitrogens is 4. The van der Waals surface area contributed by atoms with E-state index < -0.39 is 5.60 Å². The number of amides is 1. The number of hydrogen-bond donors (Lipinski definition) is 3. The van der Waals surface area contributed by atoms with Crippen LogP contribution in [0, 0.1) is 6.92 Å². The molecule has 8 nitrogen and oxygen atoms in total. The van der Waals surface area contributed by atoms with Crippen molar-refractivity contribution in [3.63, 3.8) is 0 Å². The van der Waals surface area contributed by atoms with Gasteiger partial charge < -0.3 is 15.0 Å². The minimum absolute atomic E-state index is 0.324. The van der Waals surface area contributed by atoms with E-state index in [2.05, 4.69) is 25.8 Å². The van der Waals surface area contributed by atoms with E-state index in [-0.39, 0.29) is 5.91 Å². The van der Waals surface area contributed by atoms with Gasteiger partial charge in [0.05, 0.1) is 32.3 Å². The van der Waals surface area contributed by atoms with E-state index in [1.807, 2.05) is 20.8 Å². The van der Waals surface area contributed by atoms with Gasteiger partial charge in [0.1, 0.15) is 16.4 Å². The van der Waals surface area contributed by atoms with Gasteiger partial charge in [-0.1, -0.05) is 40.6 Å². The summed E-state index contributed by atoms with van der Waals surface area (Å²) < 4.78 is 6.15. The number of imidazole rings is 1. The highest BCUT2D eigenvalue weighted by Crippen LogP contribution is 2.43. The normalized spacial score (nSPS) is 14.3. The summed E-state index contributed by atoms with van der Waals surface area (Å²) in [5, 5.41) is 16.0. The van der Waals surface area contributed by atoms with Crippen LogP contribution in [0.5, 0.6) is 5.75 Å². The van der Waals surface area contributed by atoms with Gasteiger partial charge >= 0.3 is 0 Å². The number of hydrogen-bond acceptors (Lipinski definition) is 7. The second kappa shape index (κ2) is 7.61. The molecule has 32 heavy (non-hydrogen) atoms. The maximum absolute atomic E-state index is 13.1. The average molecular weight is 489 g/mol. The molecule has 3 N–H and O–H groups in total. The van der Waals surface area contributed by atoms with Gasteiger partial charge in [0, 0.05) is 12.0 Å². The van der Waals surface area contributed by atoms with Crippen molar-refractivity contribution in [2.75, 3.05) is 10.6 Å². The molecule has 4 aromatic rings. The Balaban J connectivity index is 1.58. The van der Waals surface area contributed by atoms with Gasteiger partial charge in [-0.15, -0.1) is 10.2 Å². The summed E-state index contributed by atoms with van der Waals surface area (Å²) in [6, 6.07) is 6.98. The lowest BCUT2D eigenvalue weighted by Gasteiger charge is -2.17. The number of nitrogens with one attached hydrogen (secondary N) is 3. The molecule has 1 amide bonds. The predicted octanol–water partition coefficient (Wildman–Crippen LogP) is 5.74. The van der Waals surface area contributed by atoms with Gasteiger partial charge in [-0.2, -0.15) is 0 Å². The molecule has 0 fully saturated rings. The molecular formula is C21H18Cl2N6O2S. The summed E-state index contributed by atoms with van der Waals surface area (Å²) in [5.74, 6) is 0.657. The Morgan fingerprint density at radius 3 is 2.69 bits per heavy atom. The maximum Gasteiger partial charge on any atom is 0.261 e. The first-order chi connectivity index (χ1) is 15.2. The Morgan fingerprint density at radius 2 is 2.00 bits per heavy atom. The largest absolute Gasteiger partial charge is 0.486 e. The molecular weight excluding hydrogens is 471 g/mol. The van der Waals surface area contributed by atoms with Crippen molar-refractivity contribution in [2.45, 2.75) is 32.8 Å². The standard InChI is InChI=1S/C21H18Cl2N6O2S/c1-9-28-29-20(32-9)27-18(30)10-7-14-15(11-8-21(2,3)31-17(10)11)25-19(24-14)26-16-12(22)5-4-6-13(16)23/h4-7H,8H2,1-3H3,(H2,24,25,26)(H,27,29,30). The minimum Gasteiger partial charge on any atom is -0.486 e. The number of halogens is 2. The molecule has 1 aliphatic rings. The summed E-state index contributed by atoms with van der Waals surface area (Å²) in [4.78, 5) is 21.0. The number of para-hydroxylation sites is 1. The molecule has 164 valence electrons. The van der Waals surface area contributed by atoms with Crippen molar-refractivity contribution < 1.29 is 9.53 Å². The van der Waals surface area contributed by atoms with Crippen molar-refractivity contribution in [2.24, 2.45) is 0 Å². The van der Waals surface area contributed by atoms with E-state index in [0.29, 0.717) is 50.1 Å². The number of aromatic amines is 1. The number of carbonyl (C=O) groups excluding carboxylic acids is 1. The maximum atomic E-state index is 13.1. The van der Waals surface area contributed by atoms with E-state index in [0.717, 1.165) is 16.1 Å². The van der Waals surface area contributed by atoms with Gasteiger partial charge in [0.25, 0.3) is 5.91 Å². The van der Waals surface area contributed by atoms with Gasteiger partial charge in [0.15, 0.2) is 0 Å². The van der Waals surface area contributed by atoms with Crippen molar-refractivity contribution >= 4 is 68.2 Å². The van der Waals surface area contributed by atoms with Crippen LogP contribution in [0.4, 0.5) is 16.8 Å². The number of H-pyrrole nitrogens is 1. The van der Waals surface area contributed by atoms with Gasteiger partial charge in [-0.3, -0.25) is 10.1 Å². The van der Waals surface area contributed by atoms with Crippen molar-refractivity contribution in [3.8, 4) is 5.75 Å². The number of benzene rings is 2. The number of carbonyl (C=O) groups is 1. The third-order valence-electron chi connectivity index (χ3n) is 5.00. The summed E-state index contributed by atoms with van der Waals surface area (Å²) in [5.41, 5.74) is 2.75. The fourth-order valence-corrected chi connectivity index (χ4v) is 4.77. The zero-order valence-corrected chi connectivity index (χ0v) is 19.7. The topological polar surface area (TPSA) is 105 Å². The van der Waals surface area contributed by atoms with Gasteiger partial charge in [-0.05, 0) is 39.0 Å². The zero-order chi connectivity index (χ0) is 22.6. The molecule has 2 aromatic heterocycles.